The molecule has 0 unspecified atom stereocenters. The van der Waals surface area contributed by atoms with Gasteiger partial charge in [0.2, 0.25) is 0 Å². The monoisotopic (exact) mass is 829 g/mol. The highest BCUT2D eigenvalue weighted by molar-refractivity contribution is 5.93. The summed E-state index contributed by atoms with van der Waals surface area (Å²) in [5.74, 6) is 0. The van der Waals surface area contributed by atoms with Gasteiger partial charge < -0.3 is 4.90 Å². The lowest BCUT2D eigenvalue weighted by molar-refractivity contribution is 0.660. The molecule has 0 aliphatic heterocycles. The van der Waals surface area contributed by atoms with Crippen LogP contribution < -0.4 is 4.90 Å². The smallest absolute Gasteiger partial charge is 0.0714 e. The standard InChI is InChI=1S/C64H47N/c1-63(2)58-27-15-12-25-54(58)56-40-36-48(42-60(56)63)46-32-30-44(31-33-46)45-34-37-51(38-35-45)65(62-29-17-14-24-53(62)47-18-6-3-7-19-47)52-39-41-57-55-26-13-16-28-59(55)64(61(57)43-52,49-20-8-4-9-21-49)50-22-10-5-11-23-50/h3-43H,1-2H3. The van der Waals surface area contributed by atoms with E-state index in [1.54, 1.807) is 0 Å². The molecule has 12 rings (SSSR count). The van der Waals surface area contributed by atoms with Gasteiger partial charge in [0, 0.05) is 22.4 Å². The van der Waals surface area contributed by atoms with Gasteiger partial charge in [-0.2, -0.15) is 0 Å². The first-order valence-corrected chi connectivity index (χ1v) is 22.8. The van der Waals surface area contributed by atoms with E-state index in [1.165, 1.54) is 89.0 Å². The number of hydrogen-bond donors (Lipinski definition) is 0. The molecule has 1 nitrogen and oxygen atoms in total. The van der Waals surface area contributed by atoms with Gasteiger partial charge in [0.05, 0.1) is 11.1 Å². The minimum Gasteiger partial charge on any atom is -0.310 e. The van der Waals surface area contributed by atoms with E-state index in [1.807, 2.05) is 0 Å². The minimum atomic E-state index is -0.508. The third kappa shape index (κ3) is 6.15. The Labute approximate surface area is 382 Å². The normalized spacial score (nSPS) is 13.6. The van der Waals surface area contributed by atoms with E-state index in [0.717, 1.165) is 17.1 Å². The highest BCUT2D eigenvalue weighted by Gasteiger charge is 2.46. The maximum Gasteiger partial charge on any atom is 0.0714 e. The van der Waals surface area contributed by atoms with Crippen LogP contribution in [-0.2, 0) is 10.8 Å². The molecule has 0 heterocycles. The molecule has 2 aliphatic rings. The van der Waals surface area contributed by atoms with Crippen LogP contribution in [0.3, 0.4) is 0 Å². The van der Waals surface area contributed by atoms with E-state index in [2.05, 4.69) is 267 Å². The lowest BCUT2D eigenvalue weighted by Crippen LogP contribution is -2.28. The Kier molecular flexibility index (Phi) is 9.14. The second-order valence-corrected chi connectivity index (χ2v) is 18.0. The van der Waals surface area contributed by atoms with Crippen molar-refractivity contribution >= 4 is 17.1 Å². The van der Waals surface area contributed by atoms with E-state index in [9.17, 15) is 0 Å². The lowest BCUT2D eigenvalue weighted by Gasteiger charge is -2.35. The first-order chi connectivity index (χ1) is 32.0. The number of para-hydroxylation sites is 1. The summed E-state index contributed by atoms with van der Waals surface area (Å²) in [6.07, 6.45) is 0. The summed E-state index contributed by atoms with van der Waals surface area (Å²) in [6, 6.07) is 91.9. The summed E-state index contributed by atoms with van der Waals surface area (Å²) in [5, 5.41) is 0. The van der Waals surface area contributed by atoms with Crippen LogP contribution in [0, 0.1) is 0 Å². The van der Waals surface area contributed by atoms with Crippen LogP contribution in [0.2, 0.25) is 0 Å². The summed E-state index contributed by atoms with van der Waals surface area (Å²) in [4.78, 5) is 2.45. The molecule has 0 saturated carbocycles. The fraction of sp³-hybridized carbons (Fsp3) is 0.0625. The molecule has 10 aromatic rings. The number of benzene rings is 10. The number of anilines is 3. The zero-order valence-electron chi connectivity index (χ0n) is 36.6. The van der Waals surface area contributed by atoms with Crippen LogP contribution in [0.25, 0.3) is 55.6 Å². The van der Waals surface area contributed by atoms with Crippen LogP contribution in [0.15, 0.2) is 249 Å². The van der Waals surface area contributed by atoms with Crippen LogP contribution in [0.1, 0.15) is 47.2 Å². The molecule has 308 valence electrons. The molecule has 0 N–H and O–H groups in total. The maximum atomic E-state index is 2.46. The molecule has 0 bridgehead atoms. The molecule has 0 fully saturated rings. The molecule has 65 heavy (non-hydrogen) atoms. The fourth-order valence-electron chi connectivity index (χ4n) is 11.1. The Morgan fingerprint density at radius 1 is 0.277 bits per heavy atom. The Balaban J connectivity index is 0.968. The zero-order chi connectivity index (χ0) is 43.5. The first-order valence-electron chi connectivity index (χ1n) is 22.8. The largest absolute Gasteiger partial charge is 0.310 e. The predicted octanol–water partition coefficient (Wildman–Crippen LogP) is 16.8. The Hall–Kier alpha value is -8.00. The molecule has 0 saturated heterocycles. The molecule has 0 atom stereocenters. The second-order valence-electron chi connectivity index (χ2n) is 18.0. The van der Waals surface area contributed by atoms with E-state index in [4.69, 9.17) is 0 Å². The number of hydrogen-bond acceptors (Lipinski definition) is 1. The summed E-state index contributed by atoms with van der Waals surface area (Å²) in [7, 11) is 0. The number of rotatable bonds is 8. The highest BCUT2D eigenvalue weighted by atomic mass is 15.1. The van der Waals surface area contributed by atoms with Gasteiger partial charge in [-0.1, -0.05) is 226 Å². The predicted molar refractivity (Wildman–Crippen MR) is 272 cm³/mol. The Bertz CT molecular complexity index is 3320. The summed E-state index contributed by atoms with van der Waals surface area (Å²) < 4.78 is 0. The zero-order valence-corrected chi connectivity index (χ0v) is 36.6. The topological polar surface area (TPSA) is 3.24 Å². The Morgan fingerprint density at radius 2 is 0.708 bits per heavy atom. The quantitative estimate of drug-likeness (QED) is 0.147. The van der Waals surface area contributed by atoms with Crippen LogP contribution in [0.4, 0.5) is 17.1 Å². The van der Waals surface area contributed by atoms with Gasteiger partial charge in [-0.3, -0.25) is 0 Å². The van der Waals surface area contributed by atoms with Gasteiger partial charge in [0.25, 0.3) is 0 Å². The number of fused-ring (bicyclic) bond motifs is 6. The van der Waals surface area contributed by atoms with Crippen molar-refractivity contribution in [2.75, 3.05) is 4.90 Å². The molecule has 0 aromatic heterocycles. The molecule has 0 spiro atoms. The van der Waals surface area contributed by atoms with Gasteiger partial charge in [0.15, 0.2) is 0 Å². The molecule has 2 aliphatic carbocycles. The van der Waals surface area contributed by atoms with Gasteiger partial charge >= 0.3 is 0 Å². The molecular weight excluding hydrogens is 783 g/mol. The molecule has 1 heteroatoms. The average molecular weight is 830 g/mol. The van der Waals surface area contributed by atoms with Crippen molar-refractivity contribution in [2.45, 2.75) is 24.7 Å². The summed E-state index contributed by atoms with van der Waals surface area (Å²) in [6.45, 7) is 4.70. The van der Waals surface area contributed by atoms with Gasteiger partial charge in [-0.25, -0.2) is 0 Å². The van der Waals surface area contributed by atoms with E-state index in [-0.39, 0.29) is 5.41 Å². The van der Waals surface area contributed by atoms with Crippen LogP contribution in [-0.4, -0.2) is 0 Å². The fourth-order valence-corrected chi connectivity index (χ4v) is 11.1. The highest BCUT2D eigenvalue weighted by Crippen LogP contribution is 2.57. The third-order valence-corrected chi connectivity index (χ3v) is 14.2. The molecular formula is C64H47N. The van der Waals surface area contributed by atoms with E-state index >= 15 is 0 Å². The van der Waals surface area contributed by atoms with E-state index < -0.39 is 5.41 Å². The van der Waals surface area contributed by atoms with Crippen molar-refractivity contribution in [2.24, 2.45) is 0 Å². The van der Waals surface area contributed by atoms with E-state index in [0.29, 0.717) is 0 Å². The average Bonchev–Trinajstić information content (AvgIpc) is 3.80. The van der Waals surface area contributed by atoms with Gasteiger partial charge in [-0.05, 0) is 120 Å². The van der Waals surface area contributed by atoms with Gasteiger partial charge in [-0.15, -0.1) is 0 Å². The Morgan fingerprint density at radius 3 is 1.35 bits per heavy atom. The van der Waals surface area contributed by atoms with Crippen molar-refractivity contribution < 1.29 is 0 Å². The summed E-state index contributed by atoms with van der Waals surface area (Å²) in [5.41, 5.74) is 23.1. The van der Waals surface area contributed by atoms with Crippen LogP contribution >= 0.6 is 0 Å². The third-order valence-electron chi connectivity index (χ3n) is 14.2. The van der Waals surface area contributed by atoms with Crippen molar-refractivity contribution in [3.8, 4) is 55.6 Å². The van der Waals surface area contributed by atoms with Crippen LogP contribution in [0.5, 0.6) is 0 Å². The maximum absolute atomic E-state index is 2.46. The first kappa shape index (κ1) is 38.7. The summed E-state index contributed by atoms with van der Waals surface area (Å²) >= 11 is 0. The molecule has 0 radical (unpaired) electrons. The van der Waals surface area contributed by atoms with Crippen molar-refractivity contribution in [3.63, 3.8) is 0 Å². The van der Waals surface area contributed by atoms with Crippen molar-refractivity contribution in [3.05, 3.63) is 282 Å². The lowest BCUT2D eigenvalue weighted by atomic mass is 9.67. The number of nitrogens with zero attached hydrogens (tertiary/aromatic N) is 1. The SMILES string of the molecule is CC1(C)c2ccccc2-c2ccc(-c3ccc(-c4ccc(N(c5ccc6c(c5)C(c5ccccc5)(c5ccccc5)c5ccccc5-6)c5ccccc5-c5ccccc5)cc4)cc3)cc21. The second kappa shape index (κ2) is 15.4. The minimum absolute atomic E-state index is 0.0309. The molecule has 0 amide bonds. The molecule has 10 aromatic carbocycles. The van der Waals surface area contributed by atoms with Crippen molar-refractivity contribution in [1.82, 2.24) is 0 Å². The van der Waals surface area contributed by atoms with Gasteiger partial charge in [0.1, 0.15) is 0 Å². The van der Waals surface area contributed by atoms with Crippen molar-refractivity contribution in [1.29, 1.82) is 0 Å².